The second-order valence-electron chi connectivity index (χ2n) is 5.88. The maximum Gasteiger partial charge on any atom is 0.244 e. The van der Waals surface area contributed by atoms with Crippen molar-refractivity contribution in [1.29, 1.82) is 0 Å². The fourth-order valence-corrected chi connectivity index (χ4v) is 3.24. The summed E-state index contributed by atoms with van der Waals surface area (Å²) in [6.07, 6.45) is 9.01. The van der Waals surface area contributed by atoms with Crippen LogP contribution in [0.15, 0.2) is 4.52 Å². The summed E-state index contributed by atoms with van der Waals surface area (Å²) in [6, 6.07) is 0.275. The molecule has 1 saturated carbocycles. The van der Waals surface area contributed by atoms with Crippen molar-refractivity contribution in [3.05, 3.63) is 11.7 Å². The number of hydrogen-bond acceptors (Lipinski definition) is 4. The van der Waals surface area contributed by atoms with Gasteiger partial charge in [-0.15, -0.1) is 0 Å². The summed E-state index contributed by atoms with van der Waals surface area (Å²) in [5, 5.41) is 7.69. The molecule has 4 heteroatoms. The molecule has 2 fully saturated rings. The van der Waals surface area contributed by atoms with Gasteiger partial charge in [0.1, 0.15) is 0 Å². The Morgan fingerprint density at radius 3 is 2.56 bits per heavy atom. The zero-order valence-electron chi connectivity index (χ0n) is 11.2. The van der Waals surface area contributed by atoms with Crippen LogP contribution in [0, 0.1) is 5.92 Å². The zero-order chi connectivity index (χ0) is 12.4. The van der Waals surface area contributed by atoms with Crippen LogP contribution in [0.25, 0.3) is 0 Å². The average Bonchev–Trinajstić information content (AvgIpc) is 2.91. The maximum absolute atomic E-state index is 5.49. The van der Waals surface area contributed by atoms with Gasteiger partial charge >= 0.3 is 0 Å². The summed E-state index contributed by atoms with van der Waals surface area (Å²) in [7, 11) is 0. The van der Waals surface area contributed by atoms with Gasteiger partial charge in [-0.25, -0.2) is 0 Å². The second kappa shape index (κ2) is 5.39. The largest absolute Gasteiger partial charge is 0.338 e. The fourth-order valence-electron chi connectivity index (χ4n) is 3.24. The summed E-state index contributed by atoms with van der Waals surface area (Å²) >= 11 is 0. The van der Waals surface area contributed by atoms with Crippen molar-refractivity contribution in [2.45, 2.75) is 63.8 Å². The number of nitrogens with one attached hydrogen (secondary N) is 1. The van der Waals surface area contributed by atoms with E-state index in [9.17, 15) is 0 Å². The highest BCUT2D eigenvalue weighted by Crippen LogP contribution is 2.32. The molecule has 3 rings (SSSR count). The van der Waals surface area contributed by atoms with E-state index >= 15 is 0 Å². The lowest BCUT2D eigenvalue weighted by atomic mass is 9.99. The smallest absolute Gasteiger partial charge is 0.244 e. The standard InChI is InChI=1S/C14H23N3O/c1-10-8-9-15-12(10)14-16-13(17-18-14)11-6-4-2-3-5-7-11/h10-12,15H,2-9H2,1H3. The number of rotatable bonds is 2. The lowest BCUT2D eigenvalue weighted by molar-refractivity contribution is 0.314. The van der Waals surface area contributed by atoms with E-state index in [2.05, 4.69) is 22.4 Å². The minimum Gasteiger partial charge on any atom is -0.338 e. The lowest BCUT2D eigenvalue weighted by Crippen LogP contribution is -2.17. The Balaban J connectivity index is 1.72. The van der Waals surface area contributed by atoms with Crippen LogP contribution in [0.2, 0.25) is 0 Å². The Kier molecular flexibility index (Phi) is 3.64. The van der Waals surface area contributed by atoms with Gasteiger partial charge in [-0.05, 0) is 31.7 Å². The van der Waals surface area contributed by atoms with Crippen LogP contribution in [0.5, 0.6) is 0 Å². The van der Waals surface area contributed by atoms with Gasteiger partial charge in [0.2, 0.25) is 5.89 Å². The SMILES string of the molecule is CC1CCNC1c1nc(C2CCCCCC2)no1. The van der Waals surface area contributed by atoms with Gasteiger partial charge in [0.05, 0.1) is 6.04 Å². The molecule has 1 aromatic rings. The topological polar surface area (TPSA) is 51.0 Å². The maximum atomic E-state index is 5.49. The Morgan fingerprint density at radius 2 is 1.89 bits per heavy atom. The first-order chi connectivity index (χ1) is 8.84. The van der Waals surface area contributed by atoms with Crippen LogP contribution < -0.4 is 5.32 Å². The van der Waals surface area contributed by atoms with E-state index < -0.39 is 0 Å². The molecular weight excluding hydrogens is 226 g/mol. The van der Waals surface area contributed by atoms with Gasteiger partial charge in [0, 0.05) is 5.92 Å². The first kappa shape index (κ1) is 12.2. The molecule has 1 N–H and O–H groups in total. The fraction of sp³-hybridized carbons (Fsp3) is 0.857. The molecule has 0 aromatic carbocycles. The molecule has 2 heterocycles. The van der Waals surface area contributed by atoms with Crippen molar-refractivity contribution in [2.24, 2.45) is 5.92 Å². The predicted molar refractivity (Wildman–Crippen MR) is 69.3 cm³/mol. The highest BCUT2D eigenvalue weighted by Gasteiger charge is 2.30. The van der Waals surface area contributed by atoms with E-state index in [1.54, 1.807) is 0 Å². The lowest BCUT2D eigenvalue weighted by Gasteiger charge is -2.10. The first-order valence-electron chi connectivity index (χ1n) is 7.41. The van der Waals surface area contributed by atoms with Gasteiger partial charge in [-0.1, -0.05) is 37.8 Å². The van der Waals surface area contributed by atoms with Crippen molar-refractivity contribution >= 4 is 0 Å². The number of hydrogen-bond donors (Lipinski definition) is 1. The zero-order valence-corrected chi connectivity index (χ0v) is 11.2. The third-order valence-corrected chi connectivity index (χ3v) is 4.48. The van der Waals surface area contributed by atoms with Crippen LogP contribution in [0.4, 0.5) is 0 Å². The van der Waals surface area contributed by atoms with Crippen molar-refractivity contribution in [2.75, 3.05) is 6.54 Å². The first-order valence-corrected chi connectivity index (χ1v) is 7.41. The molecule has 2 unspecified atom stereocenters. The highest BCUT2D eigenvalue weighted by atomic mass is 16.5. The highest BCUT2D eigenvalue weighted by molar-refractivity contribution is 5.02. The second-order valence-corrected chi connectivity index (χ2v) is 5.88. The molecule has 1 aromatic heterocycles. The molecule has 2 atom stereocenters. The molecule has 18 heavy (non-hydrogen) atoms. The molecule has 0 spiro atoms. The summed E-state index contributed by atoms with van der Waals surface area (Å²) in [4.78, 5) is 4.67. The van der Waals surface area contributed by atoms with E-state index in [1.165, 1.54) is 44.9 Å². The van der Waals surface area contributed by atoms with Crippen molar-refractivity contribution in [1.82, 2.24) is 15.5 Å². The van der Waals surface area contributed by atoms with Crippen molar-refractivity contribution in [3.63, 3.8) is 0 Å². The van der Waals surface area contributed by atoms with E-state index in [0.717, 1.165) is 18.3 Å². The summed E-state index contributed by atoms with van der Waals surface area (Å²) in [6.45, 7) is 3.31. The molecular formula is C14H23N3O. The molecule has 4 nitrogen and oxygen atoms in total. The van der Waals surface area contributed by atoms with Crippen LogP contribution >= 0.6 is 0 Å². The van der Waals surface area contributed by atoms with Crippen molar-refractivity contribution in [3.8, 4) is 0 Å². The van der Waals surface area contributed by atoms with Gasteiger partial charge in [-0.3, -0.25) is 0 Å². The molecule has 0 amide bonds. The summed E-state index contributed by atoms with van der Waals surface area (Å²) in [5.74, 6) is 2.89. The molecule has 2 aliphatic rings. The Hall–Kier alpha value is -0.900. The minimum atomic E-state index is 0.275. The van der Waals surface area contributed by atoms with E-state index in [-0.39, 0.29) is 6.04 Å². The summed E-state index contributed by atoms with van der Waals surface area (Å²) in [5.41, 5.74) is 0. The average molecular weight is 249 g/mol. The molecule has 1 aliphatic carbocycles. The van der Waals surface area contributed by atoms with Gasteiger partial charge in [0.15, 0.2) is 5.82 Å². The monoisotopic (exact) mass is 249 g/mol. The Labute approximate surface area is 109 Å². The number of aromatic nitrogens is 2. The molecule has 1 aliphatic heterocycles. The summed E-state index contributed by atoms with van der Waals surface area (Å²) < 4.78 is 5.49. The van der Waals surface area contributed by atoms with Crippen molar-refractivity contribution < 1.29 is 4.52 Å². The van der Waals surface area contributed by atoms with Crippen LogP contribution in [0.3, 0.4) is 0 Å². The Bertz CT molecular complexity index is 382. The van der Waals surface area contributed by atoms with Gasteiger partial charge in [-0.2, -0.15) is 4.98 Å². The van der Waals surface area contributed by atoms with E-state index in [4.69, 9.17) is 4.52 Å². The van der Waals surface area contributed by atoms with Gasteiger partial charge in [0.25, 0.3) is 0 Å². The Morgan fingerprint density at radius 1 is 1.11 bits per heavy atom. The third-order valence-electron chi connectivity index (χ3n) is 4.48. The minimum absolute atomic E-state index is 0.275. The number of nitrogens with zero attached hydrogens (tertiary/aromatic N) is 2. The van der Waals surface area contributed by atoms with Crippen LogP contribution in [0.1, 0.15) is 75.5 Å². The molecule has 100 valence electrons. The molecule has 1 saturated heterocycles. The molecule has 0 radical (unpaired) electrons. The third kappa shape index (κ3) is 2.44. The quantitative estimate of drug-likeness (QED) is 0.818. The van der Waals surface area contributed by atoms with Gasteiger partial charge < -0.3 is 9.84 Å². The molecule has 0 bridgehead atoms. The normalized spacial score (nSPS) is 30.5. The van der Waals surface area contributed by atoms with E-state index in [0.29, 0.717) is 11.8 Å². The van der Waals surface area contributed by atoms with E-state index in [1.807, 2.05) is 0 Å². The predicted octanol–water partition coefficient (Wildman–Crippen LogP) is 3.18. The van der Waals surface area contributed by atoms with Crippen LogP contribution in [-0.4, -0.2) is 16.7 Å². The van der Waals surface area contributed by atoms with Crippen LogP contribution in [-0.2, 0) is 0 Å².